The Kier molecular flexibility index (Phi) is 4.32. The molecular weight excluding hydrogens is 332 g/mol. The van der Waals surface area contributed by atoms with Gasteiger partial charge < -0.3 is 10.5 Å². The lowest BCUT2D eigenvalue weighted by molar-refractivity contribution is 0.178. The molecule has 0 saturated carbocycles. The Hall–Kier alpha value is -0.470. The molecule has 7 heteroatoms. The maximum absolute atomic E-state index is 12.4. The molecule has 1 aliphatic rings. The minimum Gasteiger partial charge on any atom is -0.379 e. The summed E-state index contributed by atoms with van der Waals surface area (Å²) in [5.41, 5.74) is 5.78. The summed E-state index contributed by atoms with van der Waals surface area (Å²) in [5.74, 6) is 0. The van der Waals surface area contributed by atoms with Crippen molar-refractivity contribution in [1.82, 2.24) is 4.72 Å². The van der Waals surface area contributed by atoms with Crippen LogP contribution in [0, 0.1) is 0 Å². The molecule has 0 spiro atoms. The summed E-state index contributed by atoms with van der Waals surface area (Å²) in [6.45, 7) is 3.11. The lowest BCUT2D eigenvalue weighted by Crippen LogP contribution is -2.46. The minimum absolute atomic E-state index is 0.212. The molecule has 19 heavy (non-hydrogen) atoms. The van der Waals surface area contributed by atoms with Gasteiger partial charge in [-0.3, -0.25) is 0 Å². The molecule has 0 aliphatic carbocycles. The molecule has 2 rings (SSSR count). The highest BCUT2D eigenvalue weighted by Gasteiger charge is 2.35. The standard InChI is InChI=1S/C12H17BrN2O3S/c1-12(4-5-18-8-12)15-19(16,17)11-6-9(7-14)2-3-10(11)13/h2-3,6,15H,4-5,7-8,14H2,1H3. The monoisotopic (exact) mass is 348 g/mol. The molecule has 1 saturated heterocycles. The summed E-state index contributed by atoms with van der Waals surface area (Å²) in [7, 11) is -3.60. The van der Waals surface area contributed by atoms with Crippen molar-refractivity contribution < 1.29 is 13.2 Å². The summed E-state index contributed by atoms with van der Waals surface area (Å²) in [6, 6.07) is 5.08. The van der Waals surface area contributed by atoms with Crippen LogP contribution in [0.15, 0.2) is 27.6 Å². The molecule has 1 aromatic rings. The minimum atomic E-state index is -3.60. The summed E-state index contributed by atoms with van der Waals surface area (Å²) in [5, 5.41) is 0. The molecule has 0 amide bonds. The van der Waals surface area contributed by atoms with Crippen LogP contribution >= 0.6 is 15.9 Å². The predicted octanol–water partition coefficient (Wildman–Crippen LogP) is 1.37. The van der Waals surface area contributed by atoms with Gasteiger partial charge in [-0.05, 0) is 47.0 Å². The fourth-order valence-corrected chi connectivity index (χ4v) is 4.44. The van der Waals surface area contributed by atoms with E-state index in [2.05, 4.69) is 20.7 Å². The average molecular weight is 349 g/mol. The Morgan fingerprint density at radius 3 is 2.84 bits per heavy atom. The van der Waals surface area contributed by atoms with E-state index in [-0.39, 0.29) is 4.90 Å². The van der Waals surface area contributed by atoms with Crippen molar-refractivity contribution >= 4 is 26.0 Å². The molecule has 1 unspecified atom stereocenters. The summed E-state index contributed by atoms with van der Waals surface area (Å²) in [6.07, 6.45) is 0.667. The van der Waals surface area contributed by atoms with Crippen LogP contribution in [-0.4, -0.2) is 27.2 Å². The van der Waals surface area contributed by atoms with Crippen LogP contribution in [0.1, 0.15) is 18.9 Å². The van der Waals surface area contributed by atoms with Gasteiger partial charge in [-0.15, -0.1) is 0 Å². The molecule has 5 nitrogen and oxygen atoms in total. The SMILES string of the molecule is CC1(NS(=O)(=O)c2cc(CN)ccc2Br)CCOC1. The zero-order chi connectivity index (χ0) is 14.1. The number of nitrogens with two attached hydrogens (primary N) is 1. The summed E-state index contributed by atoms with van der Waals surface area (Å²) >= 11 is 3.27. The number of hydrogen-bond donors (Lipinski definition) is 2. The quantitative estimate of drug-likeness (QED) is 0.860. The highest BCUT2D eigenvalue weighted by molar-refractivity contribution is 9.10. The van der Waals surface area contributed by atoms with Gasteiger partial charge in [0.1, 0.15) is 0 Å². The van der Waals surface area contributed by atoms with Crippen molar-refractivity contribution in [2.45, 2.75) is 30.3 Å². The van der Waals surface area contributed by atoms with Gasteiger partial charge in [-0.25, -0.2) is 13.1 Å². The van der Waals surface area contributed by atoms with E-state index in [4.69, 9.17) is 10.5 Å². The Morgan fingerprint density at radius 1 is 1.53 bits per heavy atom. The largest absolute Gasteiger partial charge is 0.379 e. The molecule has 1 aliphatic heterocycles. The highest BCUT2D eigenvalue weighted by Crippen LogP contribution is 2.26. The second-order valence-electron chi connectivity index (χ2n) is 4.94. The van der Waals surface area contributed by atoms with Gasteiger partial charge in [0.05, 0.1) is 17.0 Å². The van der Waals surface area contributed by atoms with Crippen LogP contribution in [0.2, 0.25) is 0 Å². The number of sulfonamides is 1. The van der Waals surface area contributed by atoms with Crippen LogP contribution in [0.3, 0.4) is 0 Å². The third-order valence-corrected chi connectivity index (χ3v) is 5.75. The van der Waals surface area contributed by atoms with Crippen molar-refractivity contribution in [3.8, 4) is 0 Å². The normalized spacial score (nSPS) is 23.7. The molecule has 106 valence electrons. The summed E-state index contributed by atoms with van der Waals surface area (Å²) < 4.78 is 33.4. The van der Waals surface area contributed by atoms with Gasteiger partial charge in [0.2, 0.25) is 10.0 Å². The van der Waals surface area contributed by atoms with Gasteiger partial charge in [-0.2, -0.15) is 0 Å². The number of rotatable bonds is 4. The second kappa shape index (κ2) is 5.49. The zero-order valence-electron chi connectivity index (χ0n) is 10.6. The first kappa shape index (κ1) is 14.9. The van der Waals surface area contributed by atoms with E-state index in [0.717, 1.165) is 5.56 Å². The molecule has 3 N–H and O–H groups in total. The van der Waals surface area contributed by atoms with E-state index < -0.39 is 15.6 Å². The molecule has 1 aromatic carbocycles. The topological polar surface area (TPSA) is 81.4 Å². The van der Waals surface area contributed by atoms with Gasteiger partial charge in [0.15, 0.2) is 0 Å². The summed E-state index contributed by atoms with van der Waals surface area (Å²) in [4.78, 5) is 0.212. The first-order chi connectivity index (χ1) is 8.86. The number of hydrogen-bond acceptors (Lipinski definition) is 4. The van der Waals surface area contributed by atoms with Gasteiger partial charge in [-0.1, -0.05) is 6.07 Å². The second-order valence-corrected chi connectivity index (χ2v) is 7.44. The van der Waals surface area contributed by atoms with E-state index >= 15 is 0 Å². The fraction of sp³-hybridized carbons (Fsp3) is 0.500. The van der Waals surface area contributed by atoms with Crippen molar-refractivity contribution in [2.75, 3.05) is 13.2 Å². The van der Waals surface area contributed by atoms with Crippen molar-refractivity contribution in [2.24, 2.45) is 5.73 Å². The third-order valence-electron chi connectivity index (χ3n) is 3.12. The highest BCUT2D eigenvalue weighted by atomic mass is 79.9. The molecule has 1 heterocycles. The molecule has 1 fully saturated rings. The Labute approximate surface area is 121 Å². The number of nitrogens with one attached hydrogen (secondary N) is 1. The first-order valence-electron chi connectivity index (χ1n) is 5.96. The molecule has 0 radical (unpaired) electrons. The van der Waals surface area contributed by atoms with Crippen LogP contribution in [0.4, 0.5) is 0 Å². The lowest BCUT2D eigenvalue weighted by Gasteiger charge is -2.23. The van der Waals surface area contributed by atoms with Crippen molar-refractivity contribution in [1.29, 1.82) is 0 Å². The predicted molar refractivity (Wildman–Crippen MR) is 76.2 cm³/mol. The van der Waals surface area contributed by atoms with Gasteiger partial charge >= 0.3 is 0 Å². The van der Waals surface area contributed by atoms with Crippen molar-refractivity contribution in [3.05, 3.63) is 28.2 Å². The Morgan fingerprint density at radius 2 is 2.26 bits per heavy atom. The van der Waals surface area contributed by atoms with E-state index in [1.54, 1.807) is 18.2 Å². The van der Waals surface area contributed by atoms with E-state index in [1.807, 2.05) is 6.92 Å². The maximum atomic E-state index is 12.4. The Balaban J connectivity index is 2.33. The molecule has 0 bridgehead atoms. The zero-order valence-corrected chi connectivity index (χ0v) is 13.1. The number of halogens is 1. The van der Waals surface area contributed by atoms with E-state index in [0.29, 0.717) is 30.7 Å². The van der Waals surface area contributed by atoms with Crippen LogP contribution in [-0.2, 0) is 21.3 Å². The Bertz CT molecular complexity index is 568. The number of benzene rings is 1. The van der Waals surface area contributed by atoms with Crippen LogP contribution < -0.4 is 10.5 Å². The maximum Gasteiger partial charge on any atom is 0.242 e. The third kappa shape index (κ3) is 3.35. The van der Waals surface area contributed by atoms with E-state index in [9.17, 15) is 8.42 Å². The van der Waals surface area contributed by atoms with Crippen molar-refractivity contribution in [3.63, 3.8) is 0 Å². The smallest absolute Gasteiger partial charge is 0.242 e. The van der Waals surface area contributed by atoms with Crippen LogP contribution in [0.25, 0.3) is 0 Å². The molecular formula is C12H17BrN2O3S. The number of ether oxygens (including phenoxy) is 1. The lowest BCUT2D eigenvalue weighted by atomic mass is 10.0. The van der Waals surface area contributed by atoms with Gasteiger partial charge in [0, 0.05) is 17.6 Å². The fourth-order valence-electron chi connectivity index (χ4n) is 2.01. The average Bonchev–Trinajstić information content (AvgIpc) is 2.75. The van der Waals surface area contributed by atoms with Gasteiger partial charge in [0.25, 0.3) is 0 Å². The molecule has 0 aromatic heterocycles. The first-order valence-corrected chi connectivity index (χ1v) is 8.24. The van der Waals surface area contributed by atoms with Crippen LogP contribution in [0.5, 0.6) is 0 Å². The van der Waals surface area contributed by atoms with E-state index in [1.165, 1.54) is 0 Å². The molecule has 1 atom stereocenters.